The number of dihydropyridines is 1. The van der Waals surface area contributed by atoms with Crippen LogP contribution in [-0.4, -0.2) is 33.4 Å². The zero-order valence-electron chi connectivity index (χ0n) is 20.0. The zero-order valence-corrected chi connectivity index (χ0v) is 22.3. The molecule has 1 atom stereocenters. The summed E-state index contributed by atoms with van der Waals surface area (Å²) in [5.74, 6) is -3.05. The van der Waals surface area contributed by atoms with E-state index in [0.29, 0.717) is 22.5 Å². The number of benzene rings is 2. The maximum Gasteiger partial charge on any atom is 0.519 e. The van der Waals surface area contributed by atoms with Gasteiger partial charge in [0.05, 0.1) is 51.1 Å². The van der Waals surface area contributed by atoms with Crippen LogP contribution < -0.4 is 11.1 Å². The Bertz CT molecular complexity index is 1640. The number of ether oxygens (including phenoxy) is 2. The van der Waals surface area contributed by atoms with Crippen LogP contribution in [0.4, 0.5) is 0 Å². The molecule has 0 saturated heterocycles. The molecular formula is C26H21Cl2NO8S. The molecule has 0 saturated carbocycles. The van der Waals surface area contributed by atoms with Gasteiger partial charge in [-0.2, -0.15) is 0 Å². The molecule has 3 heterocycles. The van der Waals surface area contributed by atoms with E-state index in [2.05, 4.69) is 5.32 Å². The average molecular weight is 578 g/mol. The summed E-state index contributed by atoms with van der Waals surface area (Å²) in [5.41, 5.74) is 1.56. The first kappa shape index (κ1) is 26.3. The van der Waals surface area contributed by atoms with Gasteiger partial charge in [-0.15, -0.1) is 0 Å². The summed E-state index contributed by atoms with van der Waals surface area (Å²) in [6.07, 6.45) is 0. The third kappa shape index (κ3) is 4.92. The molecule has 0 bridgehead atoms. The van der Waals surface area contributed by atoms with Crippen LogP contribution in [0.5, 0.6) is 0 Å². The Kier molecular flexibility index (Phi) is 7.23. The van der Waals surface area contributed by atoms with Crippen molar-refractivity contribution in [3.05, 3.63) is 102 Å². The smallest absolute Gasteiger partial charge is 0.454 e. The number of hydrogen-bond donors (Lipinski definition) is 1. The fraction of sp³-hybridized carbons (Fsp3) is 0.231. The van der Waals surface area contributed by atoms with Gasteiger partial charge in [-0.25, -0.2) is 18.0 Å². The molecule has 0 spiro atoms. The highest BCUT2D eigenvalue weighted by Gasteiger charge is 2.43. The van der Waals surface area contributed by atoms with Crippen molar-refractivity contribution >= 4 is 39.0 Å². The predicted molar refractivity (Wildman–Crippen MR) is 139 cm³/mol. The number of carbonyl (C=O) groups excluding carboxylic acids is 1. The number of allylic oxidation sites excluding steroid dienone is 2. The highest BCUT2D eigenvalue weighted by atomic mass is 35.5. The number of esters is 1. The lowest BCUT2D eigenvalue weighted by atomic mass is 9.86. The standard InChI is InChI=1S/C26H21Cl2NO8S/c1-14-20(25(30)35-13-19-23(37-26(31)36-19)15-6-3-2-4-7-15)21(16-8-5-9-17(27)22(16)28)24-18(29-14)12-34-10-11-38(24,32)33/h2-9,21,29H,10-13H2,1H3. The van der Waals surface area contributed by atoms with Gasteiger partial charge in [-0.1, -0.05) is 65.7 Å². The normalized spacial score (nSPS) is 19.0. The van der Waals surface area contributed by atoms with E-state index in [1.807, 2.05) is 0 Å². The topological polar surface area (TPSA) is 125 Å². The quantitative estimate of drug-likeness (QED) is 0.434. The van der Waals surface area contributed by atoms with Crippen molar-refractivity contribution in [2.45, 2.75) is 19.4 Å². The highest BCUT2D eigenvalue weighted by molar-refractivity contribution is 7.95. The van der Waals surface area contributed by atoms with Gasteiger partial charge in [-0.05, 0) is 18.6 Å². The van der Waals surface area contributed by atoms with Crippen LogP contribution in [0.3, 0.4) is 0 Å². The Balaban J connectivity index is 1.55. The summed E-state index contributed by atoms with van der Waals surface area (Å²) in [4.78, 5) is 25.4. The van der Waals surface area contributed by atoms with Gasteiger partial charge >= 0.3 is 11.8 Å². The molecule has 0 radical (unpaired) electrons. The summed E-state index contributed by atoms with van der Waals surface area (Å²) in [7, 11) is -3.87. The molecular weight excluding hydrogens is 557 g/mol. The van der Waals surface area contributed by atoms with Crippen LogP contribution in [0.1, 0.15) is 24.2 Å². The average Bonchev–Trinajstić information content (AvgIpc) is 3.19. The van der Waals surface area contributed by atoms with Gasteiger partial charge in [-0.3, -0.25) is 0 Å². The SMILES string of the molecule is CC1=C(C(=O)OCc2oc(=O)oc2-c2ccccc2)C(c2cccc(Cl)c2Cl)C2=C(COCCS2(=O)=O)N1. The number of sulfone groups is 1. The Labute approximate surface area is 227 Å². The van der Waals surface area contributed by atoms with Crippen LogP contribution >= 0.6 is 23.2 Å². The van der Waals surface area contributed by atoms with E-state index in [1.165, 1.54) is 0 Å². The third-order valence-electron chi connectivity index (χ3n) is 6.20. The van der Waals surface area contributed by atoms with Gasteiger partial charge in [0, 0.05) is 11.3 Å². The van der Waals surface area contributed by atoms with E-state index in [1.54, 1.807) is 55.5 Å². The fourth-order valence-electron chi connectivity index (χ4n) is 4.54. The Morgan fingerprint density at radius 1 is 1.11 bits per heavy atom. The molecule has 2 aliphatic rings. The van der Waals surface area contributed by atoms with Gasteiger partial charge in [0.2, 0.25) is 0 Å². The summed E-state index contributed by atoms with van der Waals surface area (Å²) in [5, 5.41) is 3.31. The number of rotatable bonds is 5. The van der Waals surface area contributed by atoms with Crippen LogP contribution in [0.25, 0.3) is 11.3 Å². The third-order valence-corrected chi connectivity index (χ3v) is 8.89. The lowest BCUT2D eigenvalue weighted by molar-refractivity contribution is -0.141. The molecule has 12 heteroatoms. The lowest BCUT2D eigenvalue weighted by Crippen LogP contribution is -2.33. The van der Waals surface area contributed by atoms with E-state index in [9.17, 15) is 18.0 Å². The number of nitrogens with one attached hydrogen (secondary N) is 1. The Morgan fingerprint density at radius 3 is 2.63 bits per heavy atom. The van der Waals surface area contributed by atoms with Crippen LogP contribution in [0.2, 0.25) is 10.0 Å². The minimum Gasteiger partial charge on any atom is -0.454 e. The van der Waals surface area contributed by atoms with E-state index in [-0.39, 0.29) is 51.0 Å². The van der Waals surface area contributed by atoms with E-state index in [4.69, 9.17) is 41.5 Å². The van der Waals surface area contributed by atoms with Crippen molar-refractivity contribution in [1.29, 1.82) is 0 Å². The first-order chi connectivity index (χ1) is 18.2. The minimum absolute atomic E-state index is 0.00350. The van der Waals surface area contributed by atoms with Crippen molar-refractivity contribution in [3.8, 4) is 11.3 Å². The second-order valence-corrected chi connectivity index (χ2v) is 11.5. The first-order valence-corrected chi connectivity index (χ1v) is 13.9. The highest BCUT2D eigenvalue weighted by Crippen LogP contribution is 2.45. The van der Waals surface area contributed by atoms with Gasteiger partial charge in [0.25, 0.3) is 0 Å². The molecule has 0 aliphatic carbocycles. The molecule has 5 rings (SSSR count). The molecule has 3 aromatic rings. The van der Waals surface area contributed by atoms with Crippen LogP contribution in [0.15, 0.2) is 84.0 Å². The maximum absolute atomic E-state index is 13.6. The largest absolute Gasteiger partial charge is 0.519 e. The van der Waals surface area contributed by atoms with E-state index < -0.39 is 34.2 Å². The van der Waals surface area contributed by atoms with Crippen LogP contribution in [0, 0.1) is 0 Å². The molecule has 198 valence electrons. The molecule has 2 aromatic carbocycles. The van der Waals surface area contributed by atoms with E-state index in [0.717, 1.165) is 0 Å². The maximum atomic E-state index is 13.6. The molecule has 0 fully saturated rings. The Hall–Kier alpha value is -3.31. The molecule has 2 aliphatic heterocycles. The second kappa shape index (κ2) is 10.5. The number of halogens is 2. The second-order valence-electron chi connectivity index (χ2n) is 8.60. The first-order valence-electron chi connectivity index (χ1n) is 11.5. The van der Waals surface area contributed by atoms with Gasteiger partial charge in [0.15, 0.2) is 28.0 Å². The molecule has 1 N–H and O–H groups in total. The molecule has 38 heavy (non-hydrogen) atoms. The monoisotopic (exact) mass is 577 g/mol. The van der Waals surface area contributed by atoms with Crippen molar-refractivity contribution in [1.82, 2.24) is 5.32 Å². The van der Waals surface area contributed by atoms with Crippen molar-refractivity contribution in [3.63, 3.8) is 0 Å². The van der Waals surface area contributed by atoms with E-state index >= 15 is 0 Å². The van der Waals surface area contributed by atoms with Gasteiger partial charge in [0.1, 0.15) is 0 Å². The summed E-state index contributed by atoms with van der Waals surface area (Å²) >= 11 is 12.8. The summed E-state index contributed by atoms with van der Waals surface area (Å²) in [6, 6.07) is 13.5. The molecule has 9 nitrogen and oxygen atoms in total. The Morgan fingerprint density at radius 2 is 1.87 bits per heavy atom. The number of carbonyl (C=O) groups is 1. The van der Waals surface area contributed by atoms with Gasteiger partial charge < -0.3 is 23.6 Å². The minimum atomic E-state index is -3.87. The van der Waals surface area contributed by atoms with Crippen molar-refractivity contribution in [2.75, 3.05) is 19.0 Å². The van der Waals surface area contributed by atoms with Crippen molar-refractivity contribution in [2.24, 2.45) is 0 Å². The molecule has 1 unspecified atom stereocenters. The molecule has 0 amide bonds. The fourth-order valence-corrected chi connectivity index (χ4v) is 6.60. The van der Waals surface area contributed by atoms with Crippen LogP contribution in [-0.2, 0) is 30.7 Å². The predicted octanol–water partition coefficient (Wildman–Crippen LogP) is 4.57. The number of hydrogen-bond acceptors (Lipinski definition) is 9. The molecule has 1 aromatic heterocycles. The lowest BCUT2D eigenvalue weighted by Gasteiger charge is -2.31. The van der Waals surface area contributed by atoms with Crippen molar-refractivity contribution < 1.29 is 31.5 Å². The summed E-state index contributed by atoms with van der Waals surface area (Å²) in [6.45, 7) is 1.18. The summed E-state index contributed by atoms with van der Waals surface area (Å²) < 4.78 is 48.1. The zero-order chi connectivity index (χ0) is 27.0.